The molecule has 0 aliphatic rings. The summed E-state index contributed by atoms with van der Waals surface area (Å²) in [6.07, 6.45) is 0.854. The number of nitro groups is 1. The van der Waals surface area contributed by atoms with E-state index in [0.717, 1.165) is 6.19 Å². The average molecular weight is 213 g/mol. The Balaban J connectivity index is 4.96. The third-order valence-corrected chi connectivity index (χ3v) is 1.75. The third-order valence-electron chi connectivity index (χ3n) is 0.681. The maximum Gasteiger partial charge on any atom is 0.313 e. The molecule has 0 bridgehead atoms. The van der Waals surface area contributed by atoms with Gasteiger partial charge in [0.05, 0.1) is 0 Å². The summed E-state index contributed by atoms with van der Waals surface area (Å²) in [6, 6.07) is 0. The number of hydrazine groups is 1. The zero-order valence-corrected chi connectivity index (χ0v) is 6.83. The normalized spacial score (nSPS) is 10.0. The fraction of sp³-hybridized carbons (Fsp3) is 0. The van der Waals surface area contributed by atoms with Crippen molar-refractivity contribution in [3.63, 3.8) is 0 Å². The third kappa shape index (κ3) is 2.33. The molecule has 0 heterocycles. The Hall–Kier alpha value is -1.40. The lowest BCUT2D eigenvalue weighted by atomic mass is 11.1. The van der Waals surface area contributed by atoms with E-state index in [1.165, 1.54) is 0 Å². The summed E-state index contributed by atoms with van der Waals surface area (Å²) < 4.78 is 20.6. The smallest absolute Gasteiger partial charge is 0.267 e. The number of nitrogens with zero attached hydrogens (tertiary/aromatic N) is 3. The summed E-state index contributed by atoms with van der Waals surface area (Å²) in [7, 11) is 0.00981. The second-order valence-electron chi connectivity index (χ2n) is 1.39. The Bertz CT molecular complexity index is 354. The van der Waals surface area contributed by atoms with Gasteiger partial charge in [0.15, 0.2) is 5.03 Å². The number of amidine groups is 1. The van der Waals surface area contributed by atoms with E-state index in [0.29, 0.717) is 0 Å². The van der Waals surface area contributed by atoms with Gasteiger partial charge in [-0.2, -0.15) is 5.26 Å². The lowest BCUT2D eigenvalue weighted by Gasteiger charge is -2.00. The summed E-state index contributed by atoms with van der Waals surface area (Å²) in [5, 5.41) is 20.9. The van der Waals surface area contributed by atoms with Crippen LogP contribution in [0.4, 0.5) is 0 Å². The lowest BCUT2D eigenvalue weighted by molar-refractivity contribution is -0.609. The van der Waals surface area contributed by atoms with Gasteiger partial charge in [-0.1, -0.05) is 0 Å². The first-order chi connectivity index (χ1) is 5.30. The van der Waals surface area contributed by atoms with Crippen LogP contribution in [0, 0.1) is 27.0 Å². The highest BCUT2D eigenvalue weighted by Crippen LogP contribution is 2.02. The lowest BCUT2D eigenvalue weighted by Crippen LogP contribution is -2.34. The maximum absolute atomic E-state index is 10.3. The van der Waals surface area contributed by atoms with Gasteiger partial charge in [-0.3, -0.25) is 5.41 Å². The van der Waals surface area contributed by atoms with Gasteiger partial charge >= 0.3 is 14.2 Å². The van der Waals surface area contributed by atoms with Crippen molar-refractivity contribution >= 4 is 24.9 Å². The van der Waals surface area contributed by atoms with Crippen LogP contribution in [0.1, 0.15) is 0 Å². The molecule has 0 saturated heterocycles. The van der Waals surface area contributed by atoms with Gasteiger partial charge in [0.1, 0.15) is 0 Å². The average Bonchev–Trinajstić information content (AvgIpc) is 1.86. The molecule has 66 valence electrons. The molecule has 10 heteroatoms. The second kappa shape index (κ2) is 3.33. The standard InChI is InChI=1S/C2HClN4O4S/c3-12(10,11)2(5)6(1-4)7(8)9/h5H. The molecule has 8 nitrogen and oxygen atoms in total. The molecule has 0 radical (unpaired) electrons. The Kier molecular flexibility index (Phi) is 2.94. The minimum Gasteiger partial charge on any atom is -0.267 e. The molecule has 0 unspecified atom stereocenters. The molecule has 0 saturated carbocycles. The van der Waals surface area contributed by atoms with Crippen LogP contribution >= 0.6 is 10.7 Å². The molecule has 0 aliphatic carbocycles. The maximum atomic E-state index is 10.3. The SMILES string of the molecule is N#CN(C(=N)S(=O)(=O)Cl)[N+](=O)[O-]. The van der Waals surface area contributed by atoms with E-state index in [-0.39, 0.29) is 0 Å². The number of rotatable bonds is 1. The molecule has 12 heavy (non-hydrogen) atoms. The van der Waals surface area contributed by atoms with Crippen molar-refractivity contribution in [2.24, 2.45) is 0 Å². The molecule has 0 spiro atoms. The Morgan fingerprint density at radius 2 is 2.17 bits per heavy atom. The molecular weight excluding hydrogens is 212 g/mol. The van der Waals surface area contributed by atoms with Gasteiger partial charge in [0.2, 0.25) is 0 Å². The topological polar surface area (TPSA) is 128 Å². The summed E-state index contributed by atoms with van der Waals surface area (Å²) >= 11 is 0. The molecule has 0 fully saturated rings. The fourth-order valence-electron chi connectivity index (χ4n) is 0.259. The first kappa shape index (κ1) is 10.6. The van der Waals surface area contributed by atoms with Gasteiger partial charge in [-0.15, -0.1) is 0 Å². The second-order valence-corrected chi connectivity index (χ2v) is 3.87. The Morgan fingerprint density at radius 3 is 2.25 bits per heavy atom. The molecule has 0 aliphatic heterocycles. The quantitative estimate of drug-likeness (QED) is 0.118. The van der Waals surface area contributed by atoms with Crippen LogP contribution in [-0.2, 0) is 9.05 Å². The largest absolute Gasteiger partial charge is 0.313 e. The Labute approximate surface area is 71.0 Å². The van der Waals surface area contributed by atoms with Crippen LogP contribution in [0.2, 0.25) is 0 Å². The van der Waals surface area contributed by atoms with E-state index in [1.807, 2.05) is 0 Å². The van der Waals surface area contributed by atoms with Gasteiger partial charge in [-0.05, 0) is 0 Å². The fourth-order valence-corrected chi connectivity index (χ4v) is 0.770. The van der Waals surface area contributed by atoms with Gasteiger partial charge in [-0.25, -0.2) is 18.5 Å². The van der Waals surface area contributed by atoms with Crippen molar-refractivity contribution in [3.8, 4) is 6.19 Å². The summed E-state index contributed by atoms with van der Waals surface area (Å²) in [5.41, 5.74) is 0. The number of halogens is 1. The van der Waals surface area contributed by atoms with Crippen LogP contribution in [0.25, 0.3) is 0 Å². The van der Waals surface area contributed by atoms with Crippen molar-refractivity contribution in [3.05, 3.63) is 10.1 Å². The number of nitrogens with one attached hydrogen (secondary N) is 1. The van der Waals surface area contributed by atoms with Crippen molar-refractivity contribution in [2.45, 2.75) is 0 Å². The molecule has 0 aromatic heterocycles. The van der Waals surface area contributed by atoms with Crippen molar-refractivity contribution in [1.82, 2.24) is 5.01 Å². The number of hydrogen-bond donors (Lipinski definition) is 1. The molecule has 1 N–H and O–H groups in total. The van der Waals surface area contributed by atoms with Gasteiger partial charge in [0.25, 0.3) is 6.19 Å². The minimum atomic E-state index is -4.54. The van der Waals surface area contributed by atoms with Crippen molar-refractivity contribution in [2.75, 3.05) is 0 Å². The molecule has 0 aromatic rings. The first-order valence-electron chi connectivity index (χ1n) is 2.18. The van der Waals surface area contributed by atoms with Crippen LogP contribution in [0.3, 0.4) is 0 Å². The van der Waals surface area contributed by atoms with E-state index >= 15 is 0 Å². The van der Waals surface area contributed by atoms with E-state index in [4.69, 9.17) is 10.7 Å². The zero-order valence-electron chi connectivity index (χ0n) is 5.26. The van der Waals surface area contributed by atoms with E-state index in [2.05, 4.69) is 10.7 Å². The van der Waals surface area contributed by atoms with Crippen molar-refractivity contribution < 1.29 is 13.5 Å². The summed E-state index contributed by atoms with van der Waals surface area (Å²) in [4.78, 5) is 9.86. The van der Waals surface area contributed by atoms with Crippen LogP contribution in [-0.4, -0.2) is 23.6 Å². The molecule has 0 amide bonds. The highest BCUT2D eigenvalue weighted by Gasteiger charge is 2.30. The highest BCUT2D eigenvalue weighted by atomic mass is 35.7. The van der Waals surface area contributed by atoms with Crippen LogP contribution < -0.4 is 0 Å². The highest BCUT2D eigenvalue weighted by molar-refractivity contribution is 8.25. The minimum absolute atomic E-state index is 0.567. The summed E-state index contributed by atoms with van der Waals surface area (Å²) in [6.45, 7) is 0. The predicted molar refractivity (Wildman–Crippen MR) is 36.9 cm³/mol. The number of hydrogen-bond acceptors (Lipinski definition) is 6. The van der Waals surface area contributed by atoms with Gasteiger partial charge in [0, 0.05) is 15.7 Å². The van der Waals surface area contributed by atoms with E-state index in [9.17, 15) is 18.5 Å². The van der Waals surface area contributed by atoms with E-state index in [1.54, 1.807) is 0 Å². The first-order valence-corrected chi connectivity index (χ1v) is 4.49. The van der Waals surface area contributed by atoms with Crippen LogP contribution in [0.15, 0.2) is 0 Å². The number of nitriles is 1. The molecule has 0 aromatic carbocycles. The Morgan fingerprint density at radius 1 is 1.75 bits per heavy atom. The molecular formula is C2HClN4O4S. The monoisotopic (exact) mass is 212 g/mol. The van der Waals surface area contributed by atoms with E-state index < -0.39 is 24.3 Å². The molecule has 0 rings (SSSR count). The van der Waals surface area contributed by atoms with Crippen LogP contribution in [0.5, 0.6) is 0 Å². The zero-order chi connectivity index (χ0) is 9.94. The van der Waals surface area contributed by atoms with Gasteiger partial charge < -0.3 is 0 Å². The van der Waals surface area contributed by atoms with Crippen molar-refractivity contribution in [1.29, 1.82) is 10.7 Å². The molecule has 0 atom stereocenters. The predicted octanol–water partition coefficient (Wildman–Crippen LogP) is -0.535. The summed E-state index contributed by atoms with van der Waals surface area (Å²) in [5.74, 6) is 0.